The van der Waals surface area contributed by atoms with Gasteiger partial charge in [0.25, 0.3) is 5.91 Å². The van der Waals surface area contributed by atoms with Crippen molar-refractivity contribution in [1.82, 2.24) is 4.98 Å². The third-order valence-corrected chi connectivity index (χ3v) is 2.65. The number of nitrogens with one attached hydrogen (secondary N) is 2. The number of carbonyl (C=O) groups is 1. The van der Waals surface area contributed by atoms with E-state index < -0.39 is 11.7 Å². The summed E-state index contributed by atoms with van der Waals surface area (Å²) in [4.78, 5) is 15.7. The highest BCUT2D eigenvalue weighted by Crippen LogP contribution is 2.22. The van der Waals surface area contributed by atoms with Crippen molar-refractivity contribution < 1.29 is 9.18 Å². The van der Waals surface area contributed by atoms with Gasteiger partial charge in [0.15, 0.2) is 5.82 Å². The fourth-order valence-electron chi connectivity index (χ4n) is 1.40. The highest BCUT2D eigenvalue weighted by molar-refractivity contribution is 6.31. The number of pyridine rings is 1. The van der Waals surface area contributed by atoms with Crippen LogP contribution in [0.4, 0.5) is 15.8 Å². The van der Waals surface area contributed by atoms with Crippen molar-refractivity contribution in [1.29, 1.82) is 0 Å². The lowest BCUT2D eigenvalue weighted by molar-refractivity contribution is 0.102. The van der Waals surface area contributed by atoms with Crippen molar-refractivity contribution in [3.8, 4) is 0 Å². The van der Waals surface area contributed by atoms with E-state index >= 15 is 0 Å². The smallest absolute Gasteiger partial charge is 0.274 e. The Morgan fingerprint density at radius 1 is 1.32 bits per heavy atom. The second-order valence-corrected chi connectivity index (χ2v) is 4.04. The van der Waals surface area contributed by atoms with Crippen LogP contribution in [-0.2, 0) is 0 Å². The van der Waals surface area contributed by atoms with Gasteiger partial charge in [-0.25, -0.2) is 9.37 Å². The summed E-state index contributed by atoms with van der Waals surface area (Å²) >= 11 is 5.62. The first-order valence-electron chi connectivity index (χ1n) is 5.30. The first kappa shape index (κ1) is 13.3. The predicted molar refractivity (Wildman–Crippen MR) is 71.4 cm³/mol. The molecule has 0 saturated heterocycles. The summed E-state index contributed by atoms with van der Waals surface area (Å²) in [7, 11) is 0. The van der Waals surface area contributed by atoms with Crippen LogP contribution >= 0.6 is 11.6 Å². The second-order valence-electron chi connectivity index (χ2n) is 3.63. The molecule has 2 rings (SSSR count). The molecule has 7 heteroatoms. The molecule has 0 aliphatic heterocycles. The summed E-state index contributed by atoms with van der Waals surface area (Å²) in [6.07, 6.45) is 1.39. The quantitative estimate of drug-likeness (QED) is 0.596. The number of halogens is 2. The highest BCUT2D eigenvalue weighted by atomic mass is 35.5. The van der Waals surface area contributed by atoms with Gasteiger partial charge in [0, 0.05) is 0 Å². The van der Waals surface area contributed by atoms with Crippen molar-refractivity contribution in [3.63, 3.8) is 0 Å². The van der Waals surface area contributed by atoms with E-state index in [-0.39, 0.29) is 16.4 Å². The minimum atomic E-state index is -0.683. The Kier molecular flexibility index (Phi) is 3.94. The molecule has 0 spiro atoms. The van der Waals surface area contributed by atoms with E-state index in [4.69, 9.17) is 17.4 Å². The molecule has 2 aromatic rings. The normalized spacial score (nSPS) is 10.1. The molecular weight excluding hydrogens is 271 g/mol. The van der Waals surface area contributed by atoms with E-state index in [9.17, 15) is 9.18 Å². The van der Waals surface area contributed by atoms with Gasteiger partial charge in [0.1, 0.15) is 5.69 Å². The number of carbonyl (C=O) groups excluding carboxylic acids is 1. The number of anilines is 2. The zero-order valence-corrected chi connectivity index (χ0v) is 10.4. The van der Waals surface area contributed by atoms with Gasteiger partial charge in [-0.1, -0.05) is 17.7 Å². The number of nitrogens with two attached hydrogens (primary N) is 1. The summed E-state index contributed by atoms with van der Waals surface area (Å²) in [6, 6.07) is 7.39. The second kappa shape index (κ2) is 5.64. The van der Waals surface area contributed by atoms with Gasteiger partial charge in [0.05, 0.1) is 22.6 Å². The van der Waals surface area contributed by atoms with E-state index in [1.54, 1.807) is 6.07 Å². The first-order chi connectivity index (χ1) is 9.11. The molecule has 4 N–H and O–H groups in total. The van der Waals surface area contributed by atoms with Crippen LogP contribution < -0.4 is 16.6 Å². The molecule has 0 unspecified atom stereocenters. The first-order valence-corrected chi connectivity index (χ1v) is 5.67. The average Bonchev–Trinajstić information content (AvgIpc) is 2.44. The maximum Gasteiger partial charge on any atom is 0.274 e. The molecule has 0 aliphatic rings. The maximum absolute atomic E-state index is 13.6. The molecule has 0 aliphatic carbocycles. The number of nitrogen functional groups attached to an aromatic ring is 1. The number of amides is 1. The average molecular weight is 281 g/mol. The van der Waals surface area contributed by atoms with E-state index in [1.165, 1.54) is 30.5 Å². The molecule has 19 heavy (non-hydrogen) atoms. The number of hydrazine groups is 1. The molecule has 0 fully saturated rings. The van der Waals surface area contributed by atoms with E-state index in [1.807, 2.05) is 0 Å². The molecule has 0 atom stereocenters. The number of nitrogens with zero attached hydrogens (tertiary/aromatic N) is 1. The third kappa shape index (κ3) is 2.98. The van der Waals surface area contributed by atoms with Crippen LogP contribution in [0.25, 0.3) is 0 Å². The van der Waals surface area contributed by atoms with Crippen LogP contribution in [0.1, 0.15) is 10.5 Å². The van der Waals surface area contributed by atoms with Gasteiger partial charge >= 0.3 is 0 Å². The summed E-state index contributed by atoms with van der Waals surface area (Å²) in [5.41, 5.74) is 3.09. The van der Waals surface area contributed by atoms with E-state index in [2.05, 4.69) is 15.7 Å². The van der Waals surface area contributed by atoms with Gasteiger partial charge in [-0.3, -0.25) is 10.6 Å². The van der Waals surface area contributed by atoms with Crippen molar-refractivity contribution in [2.75, 3.05) is 10.7 Å². The van der Waals surface area contributed by atoms with Crippen molar-refractivity contribution >= 4 is 28.9 Å². The van der Waals surface area contributed by atoms with Gasteiger partial charge in [-0.15, -0.1) is 0 Å². The Morgan fingerprint density at radius 3 is 2.74 bits per heavy atom. The van der Waals surface area contributed by atoms with Crippen LogP contribution in [0, 0.1) is 5.82 Å². The van der Waals surface area contributed by atoms with Crippen LogP contribution in [0.2, 0.25) is 5.02 Å². The van der Waals surface area contributed by atoms with Crippen molar-refractivity contribution in [2.45, 2.75) is 0 Å². The topological polar surface area (TPSA) is 80.0 Å². The SMILES string of the molecule is NNc1ccc(C(=O)Nc2cccc(Cl)c2F)nc1. The molecule has 1 amide bonds. The molecule has 0 bridgehead atoms. The van der Waals surface area contributed by atoms with Crippen molar-refractivity contribution in [3.05, 3.63) is 53.1 Å². The lowest BCUT2D eigenvalue weighted by atomic mass is 10.2. The Labute approximate surface area is 113 Å². The summed E-state index contributed by atoms with van der Waals surface area (Å²) in [5, 5.41) is 2.33. The molecule has 0 radical (unpaired) electrons. The summed E-state index contributed by atoms with van der Waals surface area (Å²) < 4.78 is 13.6. The van der Waals surface area contributed by atoms with Gasteiger partial charge in [-0.05, 0) is 24.3 Å². The molecule has 0 saturated carbocycles. The van der Waals surface area contributed by atoms with Crippen LogP contribution in [0.5, 0.6) is 0 Å². The minimum Gasteiger partial charge on any atom is -0.323 e. The molecule has 5 nitrogen and oxygen atoms in total. The van der Waals surface area contributed by atoms with Crippen LogP contribution in [-0.4, -0.2) is 10.9 Å². The Morgan fingerprint density at radius 2 is 2.11 bits per heavy atom. The van der Waals surface area contributed by atoms with E-state index in [0.717, 1.165) is 0 Å². The molecule has 1 aromatic heterocycles. The number of aromatic nitrogens is 1. The number of hydrogen-bond donors (Lipinski definition) is 3. The Hall–Kier alpha value is -2.18. The summed E-state index contributed by atoms with van der Waals surface area (Å²) in [5.74, 6) is 3.96. The van der Waals surface area contributed by atoms with E-state index in [0.29, 0.717) is 5.69 Å². The van der Waals surface area contributed by atoms with Gasteiger partial charge < -0.3 is 10.7 Å². The van der Waals surface area contributed by atoms with Crippen LogP contribution in [0.3, 0.4) is 0 Å². The zero-order valence-electron chi connectivity index (χ0n) is 9.65. The largest absolute Gasteiger partial charge is 0.323 e. The van der Waals surface area contributed by atoms with Crippen molar-refractivity contribution in [2.24, 2.45) is 5.84 Å². The maximum atomic E-state index is 13.6. The minimum absolute atomic E-state index is 0.000302. The number of rotatable bonds is 3. The molecule has 1 aromatic carbocycles. The third-order valence-electron chi connectivity index (χ3n) is 2.36. The number of hydrogen-bond acceptors (Lipinski definition) is 4. The lowest BCUT2D eigenvalue weighted by Gasteiger charge is -2.07. The fraction of sp³-hybridized carbons (Fsp3) is 0. The monoisotopic (exact) mass is 280 g/mol. The Balaban J connectivity index is 2.18. The number of benzene rings is 1. The molecule has 1 heterocycles. The zero-order chi connectivity index (χ0) is 13.8. The standard InChI is InChI=1S/C12H10ClFN4O/c13-8-2-1-3-9(11(8)14)17-12(19)10-5-4-7(18-15)6-16-10/h1-6,18H,15H2,(H,17,19). The van der Waals surface area contributed by atoms with Gasteiger partial charge in [-0.2, -0.15) is 0 Å². The van der Waals surface area contributed by atoms with Gasteiger partial charge in [0.2, 0.25) is 0 Å². The Bertz CT molecular complexity index is 603. The molecule has 98 valence electrons. The highest BCUT2D eigenvalue weighted by Gasteiger charge is 2.12. The van der Waals surface area contributed by atoms with Crippen LogP contribution in [0.15, 0.2) is 36.5 Å². The fourth-order valence-corrected chi connectivity index (χ4v) is 1.57. The predicted octanol–water partition coefficient (Wildman–Crippen LogP) is 2.41. The summed E-state index contributed by atoms with van der Waals surface area (Å²) in [6.45, 7) is 0. The molecular formula is C12H10ClFN4O. The lowest BCUT2D eigenvalue weighted by Crippen LogP contribution is -2.15.